The van der Waals surface area contributed by atoms with Crippen molar-refractivity contribution < 1.29 is 9.59 Å². The van der Waals surface area contributed by atoms with E-state index in [1.165, 1.54) is 5.56 Å². The standard InChI is InChI=1S/C22H32N6O2/c1-15-13-19(29)26-20(24-15)28-18(14-17(27-28)22(2,3)4)25-21(30)23-12-8-11-16-9-6-5-7-10-16/h5-7,9-10,14-15,20,24H,8,11-13H2,1-4H3,(H,26,29)(H2,23,25,30). The van der Waals surface area contributed by atoms with Crippen LogP contribution in [0, 0.1) is 0 Å². The van der Waals surface area contributed by atoms with Gasteiger partial charge in [0.25, 0.3) is 0 Å². The molecule has 162 valence electrons. The molecule has 4 N–H and O–H groups in total. The first kappa shape index (κ1) is 21.8. The molecule has 1 aromatic carbocycles. The van der Waals surface area contributed by atoms with E-state index in [4.69, 9.17) is 0 Å². The Morgan fingerprint density at radius 3 is 2.67 bits per heavy atom. The third kappa shape index (κ3) is 5.82. The lowest BCUT2D eigenvalue weighted by Gasteiger charge is -2.30. The van der Waals surface area contributed by atoms with Gasteiger partial charge in [-0.05, 0) is 25.3 Å². The summed E-state index contributed by atoms with van der Waals surface area (Å²) in [5.41, 5.74) is 1.88. The minimum Gasteiger partial charge on any atom is -0.338 e. The number of hydrogen-bond acceptors (Lipinski definition) is 4. The van der Waals surface area contributed by atoms with Crippen molar-refractivity contribution in [2.45, 2.75) is 64.7 Å². The summed E-state index contributed by atoms with van der Waals surface area (Å²) in [7, 11) is 0. The number of urea groups is 1. The lowest BCUT2D eigenvalue weighted by Crippen LogP contribution is -2.52. The highest BCUT2D eigenvalue weighted by Crippen LogP contribution is 2.26. The van der Waals surface area contributed by atoms with Crippen LogP contribution in [-0.2, 0) is 16.6 Å². The van der Waals surface area contributed by atoms with Gasteiger partial charge in [0.1, 0.15) is 5.82 Å². The Bertz CT molecular complexity index is 871. The van der Waals surface area contributed by atoms with Gasteiger partial charge < -0.3 is 10.6 Å². The van der Waals surface area contributed by atoms with Gasteiger partial charge in [-0.1, -0.05) is 51.1 Å². The first-order valence-electron chi connectivity index (χ1n) is 10.5. The molecule has 2 atom stereocenters. The van der Waals surface area contributed by atoms with Gasteiger partial charge in [-0.25, -0.2) is 9.48 Å². The maximum absolute atomic E-state index is 12.5. The summed E-state index contributed by atoms with van der Waals surface area (Å²) in [6.45, 7) is 8.69. The topological polar surface area (TPSA) is 100 Å². The molecule has 1 aliphatic heterocycles. The number of aryl methyl sites for hydroxylation is 1. The van der Waals surface area contributed by atoms with Crippen molar-refractivity contribution in [2.75, 3.05) is 11.9 Å². The molecule has 1 saturated heterocycles. The van der Waals surface area contributed by atoms with Crippen LogP contribution in [0.25, 0.3) is 0 Å². The molecule has 0 radical (unpaired) electrons. The van der Waals surface area contributed by atoms with E-state index in [0.717, 1.165) is 18.5 Å². The van der Waals surface area contributed by atoms with Gasteiger partial charge in [0, 0.05) is 30.5 Å². The number of carbonyl (C=O) groups is 2. The van der Waals surface area contributed by atoms with Crippen LogP contribution >= 0.6 is 0 Å². The van der Waals surface area contributed by atoms with Gasteiger partial charge in [-0.15, -0.1) is 0 Å². The monoisotopic (exact) mass is 412 g/mol. The minimum atomic E-state index is -0.509. The van der Waals surface area contributed by atoms with E-state index < -0.39 is 6.29 Å². The third-order valence-corrected chi connectivity index (χ3v) is 4.99. The number of hydrogen-bond donors (Lipinski definition) is 4. The van der Waals surface area contributed by atoms with Gasteiger partial charge >= 0.3 is 6.03 Å². The molecule has 2 heterocycles. The average Bonchev–Trinajstić information content (AvgIpc) is 3.09. The summed E-state index contributed by atoms with van der Waals surface area (Å²) in [5, 5.41) is 16.6. The number of nitrogens with one attached hydrogen (secondary N) is 4. The molecule has 30 heavy (non-hydrogen) atoms. The molecule has 3 amide bonds. The third-order valence-electron chi connectivity index (χ3n) is 4.99. The fourth-order valence-corrected chi connectivity index (χ4v) is 3.34. The second-order valence-corrected chi connectivity index (χ2v) is 8.82. The molecule has 1 aliphatic rings. The second-order valence-electron chi connectivity index (χ2n) is 8.82. The number of aromatic nitrogens is 2. The van der Waals surface area contributed by atoms with Crippen LogP contribution in [0.4, 0.5) is 10.6 Å². The summed E-state index contributed by atoms with van der Waals surface area (Å²) < 4.78 is 1.64. The van der Waals surface area contributed by atoms with Crippen molar-refractivity contribution in [3.05, 3.63) is 47.7 Å². The highest BCUT2D eigenvalue weighted by Gasteiger charge is 2.29. The molecule has 8 heteroatoms. The highest BCUT2D eigenvalue weighted by atomic mass is 16.2. The van der Waals surface area contributed by atoms with Gasteiger partial charge in [0.2, 0.25) is 5.91 Å². The zero-order chi connectivity index (χ0) is 21.7. The predicted molar refractivity (Wildman–Crippen MR) is 117 cm³/mol. The van der Waals surface area contributed by atoms with E-state index >= 15 is 0 Å². The van der Waals surface area contributed by atoms with Crippen LogP contribution in [0.5, 0.6) is 0 Å². The molecule has 1 fully saturated rings. The SMILES string of the molecule is CC1CC(=O)NC(n2nc(C(C)(C)C)cc2NC(=O)NCCCc2ccccc2)N1. The van der Waals surface area contributed by atoms with E-state index in [0.29, 0.717) is 18.8 Å². The summed E-state index contributed by atoms with van der Waals surface area (Å²) in [6.07, 6.45) is 1.66. The molecule has 0 aliphatic carbocycles. The first-order chi connectivity index (χ1) is 14.2. The number of amides is 3. The Hall–Kier alpha value is -2.87. The molecular formula is C22H32N6O2. The minimum absolute atomic E-state index is 0.0192. The van der Waals surface area contributed by atoms with Crippen molar-refractivity contribution in [3.8, 4) is 0 Å². The first-order valence-corrected chi connectivity index (χ1v) is 10.5. The summed E-state index contributed by atoms with van der Waals surface area (Å²) in [5.74, 6) is 0.489. The van der Waals surface area contributed by atoms with Crippen LogP contribution in [0.2, 0.25) is 0 Å². The Kier molecular flexibility index (Phi) is 6.77. The maximum Gasteiger partial charge on any atom is 0.320 e. The number of benzene rings is 1. The lowest BCUT2D eigenvalue weighted by molar-refractivity contribution is -0.125. The predicted octanol–water partition coefficient (Wildman–Crippen LogP) is 2.89. The number of nitrogens with zero attached hydrogens (tertiary/aromatic N) is 2. The quantitative estimate of drug-likeness (QED) is 0.548. The van der Waals surface area contributed by atoms with E-state index in [1.807, 2.05) is 31.2 Å². The summed E-state index contributed by atoms with van der Waals surface area (Å²) in [4.78, 5) is 24.5. The van der Waals surface area contributed by atoms with E-state index in [-0.39, 0.29) is 23.4 Å². The van der Waals surface area contributed by atoms with Gasteiger partial charge in [0.15, 0.2) is 6.29 Å². The van der Waals surface area contributed by atoms with Gasteiger partial charge in [-0.2, -0.15) is 5.10 Å². The van der Waals surface area contributed by atoms with E-state index in [1.54, 1.807) is 4.68 Å². The number of rotatable bonds is 6. The fourth-order valence-electron chi connectivity index (χ4n) is 3.34. The normalized spacial score (nSPS) is 19.3. The highest BCUT2D eigenvalue weighted by molar-refractivity contribution is 5.88. The maximum atomic E-state index is 12.5. The fraction of sp³-hybridized carbons (Fsp3) is 0.500. The molecular weight excluding hydrogens is 380 g/mol. The summed E-state index contributed by atoms with van der Waals surface area (Å²) in [6, 6.07) is 11.8. The molecule has 3 rings (SSSR count). The lowest BCUT2D eigenvalue weighted by atomic mass is 9.92. The van der Waals surface area contributed by atoms with Crippen molar-refractivity contribution in [3.63, 3.8) is 0 Å². The van der Waals surface area contributed by atoms with Crippen LogP contribution in [-0.4, -0.2) is 34.3 Å². The largest absolute Gasteiger partial charge is 0.338 e. The van der Waals surface area contributed by atoms with E-state index in [2.05, 4.69) is 59.3 Å². The Morgan fingerprint density at radius 1 is 1.27 bits per heavy atom. The zero-order valence-electron chi connectivity index (χ0n) is 18.2. The van der Waals surface area contributed by atoms with Crippen molar-refractivity contribution in [2.24, 2.45) is 0 Å². The second kappa shape index (κ2) is 9.30. The van der Waals surface area contributed by atoms with E-state index in [9.17, 15) is 9.59 Å². The van der Waals surface area contributed by atoms with Crippen LogP contribution in [0.3, 0.4) is 0 Å². The van der Waals surface area contributed by atoms with Crippen LogP contribution < -0.4 is 21.3 Å². The zero-order valence-corrected chi connectivity index (χ0v) is 18.2. The molecule has 0 spiro atoms. The van der Waals surface area contributed by atoms with Crippen molar-refractivity contribution >= 4 is 17.8 Å². The van der Waals surface area contributed by atoms with Gasteiger partial charge in [0.05, 0.1) is 5.69 Å². The van der Waals surface area contributed by atoms with Gasteiger partial charge in [-0.3, -0.25) is 15.4 Å². The van der Waals surface area contributed by atoms with Crippen molar-refractivity contribution in [1.29, 1.82) is 0 Å². The number of anilines is 1. The Labute approximate surface area is 177 Å². The Balaban J connectivity index is 1.64. The number of carbonyl (C=O) groups excluding carboxylic acids is 2. The van der Waals surface area contributed by atoms with Crippen molar-refractivity contribution in [1.82, 2.24) is 25.7 Å². The van der Waals surface area contributed by atoms with Crippen LogP contribution in [0.15, 0.2) is 36.4 Å². The molecule has 2 unspecified atom stereocenters. The van der Waals surface area contributed by atoms with Crippen LogP contribution in [0.1, 0.15) is 58.1 Å². The molecule has 8 nitrogen and oxygen atoms in total. The Morgan fingerprint density at radius 2 is 2.00 bits per heavy atom. The summed E-state index contributed by atoms with van der Waals surface area (Å²) >= 11 is 0. The molecule has 1 aromatic heterocycles. The average molecular weight is 413 g/mol. The smallest absolute Gasteiger partial charge is 0.320 e. The molecule has 0 saturated carbocycles. The molecule has 2 aromatic rings. The molecule has 0 bridgehead atoms.